The first kappa shape index (κ1) is 15.1. The lowest BCUT2D eigenvalue weighted by atomic mass is 9.93. The lowest BCUT2D eigenvalue weighted by molar-refractivity contribution is 0.00722. The number of fused-ring (bicyclic) bond motifs is 1. The van der Waals surface area contributed by atoms with Gasteiger partial charge in [-0.25, -0.2) is 0 Å². The molecule has 0 spiro atoms. The highest BCUT2D eigenvalue weighted by Gasteiger charge is 2.35. The van der Waals surface area contributed by atoms with Crippen molar-refractivity contribution in [2.24, 2.45) is 0 Å². The largest absolute Gasteiger partial charge is 0.297 e. The lowest BCUT2D eigenvalue weighted by Crippen LogP contribution is -2.56. The van der Waals surface area contributed by atoms with Crippen LogP contribution < -0.4 is 0 Å². The van der Waals surface area contributed by atoms with E-state index in [4.69, 9.17) is 0 Å². The summed E-state index contributed by atoms with van der Waals surface area (Å²) in [6.07, 6.45) is 8.28. The van der Waals surface area contributed by atoms with Gasteiger partial charge in [-0.1, -0.05) is 56.5 Å². The maximum atomic E-state index is 2.78. The fraction of sp³-hybridized carbons (Fsp3) is 0.684. The zero-order chi connectivity index (χ0) is 14.5. The molecule has 2 unspecified atom stereocenters. The zero-order valence-electron chi connectivity index (χ0n) is 13.5. The molecule has 2 nitrogen and oxygen atoms in total. The average molecular weight is 286 g/mol. The Balaban J connectivity index is 1.72. The van der Waals surface area contributed by atoms with E-state index >= 15 is 0 Å². The summed E-state index contributed by atoms with van der Waals surface area (Å²) in [6, 6.07) is 12.6. The normalized spacial score (nSPS) is 27.5. The van der Waals surface area contributed by atoms with Crippen molar-refractivity contribution in [3.8, 4) is 0 Å². The molecule has 0 amide bonds. The number of hydrogen-bond acceptors (Lipinski definition) is 2. The third kappa shape index (κ3) is 3.67. The van der Waals surface area contributed by atoms with Gasteiger partial charge < -0.3 is 0 Å². The fourth-order valence-corrected chi connectivity index (χ4v) is 4.05. The molecule has 1 aromatic rings. The van der Waals surface area contributed by atoms with Crippen LogP contribution in [0.3, 0.4) is 0 Å². The minimum atomic E-state index is 0.609. The van der Waals surface area contributed by atoms with Crippen LogP contribution in [0.2, 0.25) is 0 Å². The van der Waals surface area contributed by atoms with Crippen LogP contribution in [0.1, 0.15) is 57.1 Å². The summed E-state index contributed by atoms with van der Waals surface area (Å²) >= 11 is 0. The molecule has 2 atom stereocenters. The Labute approximate surface area is 130 Å². The van der Waals surface area contributed by atoms with Gasteiger partial charge in [0.1, 0.15) is 0 Å². The fourth-order valence-electron chi connectivity index (χ4n) is 4.05. The van der Waals surface area contributed by atoms with Crippen molar-refractivity contribution >= 4 is 0 Å². The molecular formula is C19H30N2. The number of piperidine rings is 1. The van der Waals surface area contributed by atoms with E-state index in [1.165, 1.54) is 70.3 Å². The van der Waals surface area contributed by atoms with Crippen LogP contribution in [-0.2, 0) is 0 Å². The molecule has 0 N–H and O–H groups in total. The SMILES string of the molecule is CCCCCN1CC2CCCCN2CC1c1ccccc1. The van der Waals surface area contributed by atoms with Crippen molar-refractivity contribution in [2.45, 2.75) is 57.5 Å². The van der Waals surface area contributed by atoms with Gasteiger partial charge in [0.15, 0.2) is 0 Å². The molecule has 0 aromatic heterocycles. The van der Waals surface area contributed by atoms with Gasteiger partial charge in [-0.3, -0.25) is 9.80 Å². The van der Waals surface area contributed by atoms with E-state index in [1.54, 1.807) is 0 Å². The zero-order valence-corrected chi connectivity index (χ0v) is 13.5. The molecule has 0 saturated carbocycles. The average Bonchev–Trinajstić information content (AvgIpc) is 2.55. The molecule has 0 bridgehead atoms. The standard InChI is InChI=1S/C19H30N2/c1-2-3-8-14-21-15-18-12-7-9-13-20(18)16-19(21)17-10-5-4-6-11-17/h4-6,10-11,18-19H,2-3,7-9,12-16H2,1H3. The van der Waals surface area contributed by atoms with Gasteiger partial charge in [0, 0.05) is 25.2 Å². The maximum Gasteiger partial charge on any atom is 0.0475 e. The van der Waals surface area contributed by atoms with Crippen molar-refractivity contribution in [1.82, 2.24) is 9.80 Å². The Morgan fingerprint density at radius 2 is 1.90 bits per heavy atom. The van der Waals surface area contributed by atoms with Gasteiger partial charge >= 0.3 is 0 Å². The van der Waals surface area contributed by atoms with E-state index in [0.29, 0.717) is 6.04 Å². The Kier molecular flexibility index (Phi) is 5.32. The van der Waals surface area contributed by atoms with E-state index in [-0.39, 0.29) is 0 Å². The maximum absolute atomic E-state index is 2.78. The van der Waals surface area contributed by atoms with Crippen LogP contribution in [-0.4, -0.2) is 42.0 Å². The summed E-state index contributed by atoms with van der Waals surface area (Å²) < 4.78 is 0. The summed E-state index contributed by atoms with van der Waals surface area (Å²) in [4.78, 5) is 5.54. The molecule has 116 valence electrons. The number of hydrogen-bond donors (Lipinski definition) is 0. The monoisotopic (exact) mass is 286 g/mol. The van der Waals surface area contributed by atoms with E-state index in [0.717, 1.165) is 6.04 Å². The molecule has 0 radical (unpaired) electrons. The highest BCUT2D eigenvalue weighted by molar-refractivity contribution is 5.20. The van der Waals surface area contributed by atoms with Crippen LogP contribution in [0.15, 0.2) is 30.3 Å². The van der Waals surface area contributed by atoms with Crippen LogP contribution in [0.5, 0.6) is 0 Å². The van der Waals surface area contributed by atoms with Crippen molar-refractivity contribution in [3.05, 3.63) is 35.9 Å². The minimum Gasteiger partial charge on any atom is -0.297 e. The molecule has 2 saturated heterocycles. The van der Waals surface area contributed by atoms with Gasteiger partial charge in [0.2, 0.25) is 0 Å². The third-order valence-corrected chi connectivity index (χ3v) is 5.28. The summed E-state index contributed by atoms with van der Waals surface area (Å²) in [7, 11) is 0. The van der Waals surface area contributed by atoms with E-state index in [9.17, 15) is 0 Å². The number of rotatable bonds is 5. The van der Waals surface area contributed by atoms with Crippen LogP contribution >= 0.6 is 0 Å². The number of nitrogens with zero attached hydrogens (tertiary/aromatic N) is 2. The van der Waals surface area contributed by atoms with Gasteiger partial charge in [-0.15, -0.1) is 0 Å². The lowest BCUT2D eigenvalue weighted by Gasteiger charge is -2.48. The van der Waals surface area contributed by atoms with E-state index in [1.807, 2.05) is 0 Å². The van der Waals surface area contributed by atoms with E-state index in [2.05, 4.69) is 47.1 Å². The van der Waals surface area contributed by atoms with Crippen LogP contribution in [0.4, 0.5) is 0 Å². The second-order valence-corrected chi connectivity index (χ2v) is 6.77. The molecule has 2 aliphatic rings. The Morgan fingerprint density at radius 1 is 1.05 bits per heavy atom. The molecule has 3 rings (SSSR count). The number of unbranched alkanes of at least 4 members (excludes halogenated alkanes) is 2. The Morgan fingerprint density at radius 3 is 2.71 bits per heavy atom. The van der Waals surface area contributed by atoms with Gasteiger partial charge in [-0.05, 0) is 37.9 Å². The molecule has 1 aromatic carbocycles. The summed E-state index contributed by atoms with van der Waals surface area (Å²) in [5.41, 5.74) is 1.51. The first-order chi connectivity index (χ1) is 10.4. The topological polar surface area (TPSA) is 6.48 Å². The van der Waals surface area contributed by atoms with Crippen LogP contribution in [0.25, 0.3) is 0 Å². The second-order valence-electron chi connectivity index (χ2n) is 6.77. The molecule has 2 fully saturated rings. The highest BCUT2D eigenvalue weighted by atomic mass is 15.3. The molecule has 2 heterocycles. The quantitative estimate of drug-likeness (QED) is 0.752. The predicted octanol–water partition coefficient (Wildman–Crippen LogP) is 4.09. The summed E-state index contributed by atoms with van der Waals surface area (Å²) in [6.45, 7) is 7.41. The smallest absolute Gasteiger partial charge is 0.0475 e. The van der Waals surface area contributed by atoms with Gasteiger partial charge in [0.05, 0.1) is 0 Å². The molecule has 21 heavy (non-hydrogen) atoms. The van der Waals surface area contributed by atoms with Crippen molar-refractivity contribution in [3.63, 3.8) is 0 Å². The van der Waals surface area contributed by atoms with Crippen LogP contribution in [0, 0.1) is 0 Å². The molecule has 2 aliphatic heterocycles. The number of piperazine rings is 1. The molecule has 2 heteroatoms. The van der Waals surface area contributed by atoms with Gasteiger partial charge in [-0.2, -0.15) is 0 Å². The van der Waals surface area contributed by atoms with Crippen molar-refractivity contribution in [2.75, 3.05) is 26.2 Å². The summed E-state index contributed by atoms with van der Waals surface area (Å²) in [5.74, 6) is 0. The Bertz CT molecular complexity index is 417. The first-order valence-electron chi connectivity index (χ1n) is 8.91. The predicted molar refractivity (Wildman–Crippen MR) is 89.5 cm³/mol. The first-order valence-corrected chi connectivity index (χ1v) is 8.91. The van der Waals surface area contributed by atoms with Gasteiger partial charge in [0.25, 0.3) is 0 Å². The van der Waals surface area contributed by atoms with Crippen molar-refractivity contribution in [1.29, 1.82) is 0 Å². The van der Waals surface area contributed by atoms with Crippen molar-refractivity contribution < 1.29 is 0 Å². The number of benzene rings is 1. The minimum absolute atomic E-state index is 0.609. The Hall–Kier alpha value is -0.860. The highest BCUT2D eigenvalue weighted by Crippen LogP contribution is 2.32. The molecular weight excluding hydrogens is 256 g/mol. The van der Waals surface area contributed by atoms with E-state index < -0.39 is 0 Å². The molecule has 0 aliphatic carbocycles. The third-order valence-electron chi connectivity index (χ3n) is 5.28. The second kappa shape index (κ2) is 7.42. The summed E-state index contributed by atoms with van der Waals surface area (Å²) in [5, 5.41) is 0.